The third-order valence-corrected chi connectivity index (χ3v) is 5.32. The lowest BCUT2D eigenvalue weighted by Crippen LogP contribution is -2.12. The number of hydrogen-bond donors (Lipinski definition) is 1. The Morgan fingerprint density at radius 1 is 0.897 bits per heavy atom. The van der Waals surface area contributed by atoms with Gasteiger partial charge < -0.3 is 14.8 Å². The minimum atomic E-state index is 0.576. The molecule has 1 aliphatic carbocycles. The SMILES string of the molecule is COc1ccc(Nc2nc3c(c(-c4ccc(OC)cc4)c2C#N)CCCC3)cc1. The summed E-state index contributed by atoms with van der Waals surface area (Å²) in [4.78, 5) is 4.85. The van der Waals surface area contributed by atoms with Gasteiger partial charge >= 0.3 is 0 Å². The summed E-state index contributed by atoms with van der Waals surface area (Å²) in [5, 5.41) is 13.4. The molecule has 0 saturated heterocycles. The van der Waals surface area contributed by atoms with E-state index in [1.165, 1.54) is 5.56 Å². The minimum Gasteiger partial charge on any atom is -0.497 e. The van der Waals surface area contributed by atoms with E-state index < -0.39 is 0 Å². The average molecular weight is 385 g/mol. The fraction of sp³-hybridized carbons (Fsp3) is 0.250. The van der Waals surface area contributed by atoms with E-state index in [2.05, 4.69) is 11.4 Å². The van der Waals surface area contributed by atoms with Crippen LogP contribution in [0, 0.1) is 11.3 Å². The van der Waals surface area contributed by atoms with Crippen molar-refractivity contribution in [3.05, 3.63) is 65.4 Å². The number of aryl methyl sites for hydroxylation is 1. The number of anilines is 2. The normalized spacial score (nSPS) is 12.6. The van der Waals surface area contributed by atoms with Crippen molar-refractivity contribution >= 4 is 11.5 Å². The van der Waals surface area contributed by atoms with Gasteiger partial charge in [-0.1, -0.05) is 12.1 Å². The number of fused-ring (bicyclic) bond motifs is 1. The lowest BCUT2D eigenvalue weighted by Gasteiger charge is -2.22. The summed E-state index contributed by atoms with van der Waals surface area (Å²) in [7, 11) is 3.29. The van der Waals surface area contributed by atoms with Crippen LogP contribution in [0.25, 0.3) is 11.1 Å². The first-order valence-corrected chi connectivity index (χ1v) is 9.75. The number of rotatable bonds is 5. The van der Waals surface area contributed by atoms with Gasteiger partial charge in [0.25, 0.3) is 0 Å². The lowest BCUT2D eigenvalue weighted by molar-refractivity contribution is 0.415. The Labute approximate surface area is 170 Å². The molecule has 0 fully saturated rings. The van der Waals surface area contributed by atoms with Crippen molar-refractivity contribution in [2.45, 2.75) is 25.7 Å². The highest BCUT2D eigenvalue weighted by Gasteiger charge is 2.23. The lowest BCUT2D eigenvalue weighted by atomic mass is 9.86. The smallest absolute Gasteiger partial charge is 0.149 e. The molecule has 5 nitrogen and oxygen atoms in total. The summed E-state index contributed by atoms with van der Waals surface area (Å²) in [5.74, 6) is 2.18. The van der Waals surface area contributed by atoms with E-state index in [4.69, 9.17) is 14.5 Å². The second-order valence-corrected chi connectivity index (χ2v) is 7.04. The van der Waals surface area contributed by atoms with Crippen LogP contribution >= 0.6 is 0 Å². The second kappa shape index (κ2) is 8.24. The highest BCUT2D eigenvalue weighted by atomic mass is 16.5. The molecule has 4 rings (SSSR count). The standard InChI is InChI=1S/C24H23N3O2/c1-28-18-11-7-16(8-12-18)23-20-5-3-4-6-22(20)27-24(21(23)15-25)26-17-9-13-19(29-2)14-10-17/h7-14H,3-6H2,1-2H3,(H,26,27). The molecule has 1 heterocycles. The van der Waals surface area contributed by atoms with Gasteiger partial charge in [0.15, 0.2) is 0 Å². The van der Waals surface area contributed by atoms with Crippen LogP contribution in [0.2, 0.25) is 0 Å². The summed E-state index contributed by atoms with van der Waals surface area (Å²) in [5.41, 5.74) is 5.71. The Bertz CT molecular complexity index is 1050. The molecule has 29 heavy (non-hydrogen) atoms. The van der Waals surface area contributed by atoms with Crippen LogP contribution in [0.4, 0.5) is 11.5 Å². The molecule has 0 radical (unpaired) electrons. The molecule has 3 aromatic rings. The summed E-state index contributed by atoms with van der Waals surface area (Å²) in [6, 6.07) is 17.9. The van der Waals surface area contributed by atoms with Gasteiger partial charge in [0.1, 0.15) is 28.9 Å². The number of aromatic nitrogens is 1. The molecule has 146 valence electrons. The largest absolute Gasteiger partial charge is 0.497 e. The molecule has 1 N–H and O–H groups in total. The molecule has 0 bridgehead atoms. The number of hydrogen-bond acceptors (Lipinski definition) is 5. The van der Waals surface area contributed by atoms with Crippen molar-refractivity contribution < 1.29 is 9.47 Å². The molecule has 0 saturated carbocycles. The quantitative estimate of drug-likeness (QED) is 0.649. The third kappa shape index (κ3) is 3.74. The summed E-state index contributed by atoms with van der Waals surface area (Å²) < 4.78 is 10.5. The highest BCUT2D eigenvalue weighted by molar-refractivity contribution is 5.81. The molecule has 0 amide bonds. The monoisotopic (exact) mass is 385 g/mol. The molecule has 5 heteroatoms. The van der Waals surface area contributed by atoms with Gasteiger partial charge in [-0.15, -0.1) is 0 Å². The fourth-order valence-electron chi connectivity index (χ4n) is 3.83. The predicted molar refractivity (Wildman–Crippen MR) is 114 cm³/mol. The van der Waals surface area contributed by atoms with Crippen LogP contribution in [-0.4, -0.2) is 19.2 Å². The maximum absolute atomic E-state index is 10.0. The number of benzene rings is 2. The first kappa shape index (κ1) is 18.8. The van der Waals surface area contributed by atoms with Crippen LogP contribution in [0.3, 0.4) is 0 Å². The minimum absolute atomic E-state index is 0.576. The van der Waals surface area contributed by atoms with Crippen molar-refractivity contribution in [1.29, 1.82) is 5.26 Å². The van der Waals surface area contributed by atoms with E-state index in [-0.39, 0.29) is 0 Å². The van der Waals surface area contributed by atoms with Crippen LogP contribution in [0.1, 0.15) is 29.7 Å². The zero-order chi connectivity index (χ0) is 20.2. The molecule has 2 aromatic carbocycles. The van der Waals surface area contributed by atoms with Gasteiger partial charge in [-0.2, -0.15) is 5.26 Å². The predicted octanol–water partition coefficient (Wildman–Crippen LogP) is 5.26. The number of nitrogens with one attached hydrogen (secondary N) is 1. The summed E-state index contributed by atoms with van der Waals surface area (Å²) in [6.07, 6.45) is 4.12. The number of nitriles is 1. The Hall–Kier alpha value is -3.52. The van der Waals surface area contributed by atoms with E-state index in [1.54, 1.807) is 14.2 Å². The van der Waals surface area contributed by atoms with Gasteiger partial charge in [0.2, 0.25) is 0 Å². The highest BCUT2D eigenvalue weighted by Crippen LogP contribution is 2.38. The zero-order valence-corrected chi connectivity index (χ0v) is 16.7. The summed E-state index contributed by atoms with van der Waals surface area (Å²) >= 11 is 0. The molecule has 1 aromatic heterocycles. The molecule has 0 unspecified atom stereocenters. The van der Waals surface area contributed by atoms with E-state index in [1.807, 2.05) is 48.5 Å². The van der Waals surface area contributed by atoms with Crippen molar-refractivity contribution in [1.82, 2.24) is 4.98 Å². The number of methoxy groups -OCH3 is 2. The van der Waals surface area contributed by atoms with E-state index >= 15 is 0 Å². The molecular formula is C24H23N3O2. The number of ether oxygens (including phenoxy) is 2. The third-order valence-electron chi connectivity index (χ3n) is 5.32. The van der Waals surface area contributed by atoms with E-state index in [0.717, 1.165) is 59.7 Å². The fourth-order valence-corrected chi connectivity index (χ4v) is 3.83. The second-order valence-electron chi connectivity index (χ2n) is 7.04. The van der Waals surface area contributed by atoms with Crippen LogP contribution < -0.4 is 14.8 Å². The molecular weight excluding hydrogens is 362 g/mol. The van der Waals surface area contributed by atoms with E-state index in [9.17, 15) is 5.26 Å². The van der Waals surface area contributed by atoms with Crippen LogP contribution in [-0.2, 0) is 12.8 Å². The number of nitrogens with zero attached hydrogens (tertiary/aromatic N) is 2. The van der Waals surface area contributed by atoms with Crippen molar-refractivity contribution in [2.75, 3.05) is 19.5 Å². The maximum Gasteiger partial charge on any atom is 0.149 e. The average Bonchev–Trinajstić information content (AvgIpc) is 2.78. The number of pyridine rings is 1. The Morgan fingerprint density at radius 3 is 2.14 bits per heavy atom. The molecule has 0 spiro atoms. The van der Waals surface area contributed by atoms with E-state index in [0.29, 0.717) is 11.4 Å². The first-order valence-electron chi connectivity index (χ1n) is 9.75. The summed E-state index contributed by atoms with van der Waals surface area (Å²) in [6.45, 7) is 0. The van der Waals surface area contributed by atoms with Crippen molar-refractivity contribution in [2.24, 2.45) is 0 Å². The Balaban J connectivity index is 1.84. The first-order chi connectivity index (χ1) is 14.2. The van der Waals surface area contributed by atoms with Gasteiger partial charge in [-0.05, 0) is 73.2 Å². The Morgan fingerprint density at radius 2 is 1.52 bits per heavy atom. The molecule has 0 atom stereocenters. The maximum atomic E-state index is 10.0. The Kier molecular flexibility index (Phi) is 5.35. The molecule has 1 aliphatic rings. The van der Waals surface area contributed by atoms with Crippen LogP contribution in [0.15, 0.2) is 48.5 Å². The van der Waals surface area contributed by atoms with Crippen LogP contribution in [0.5, 0.6) is 11.5 Å². The van der Waals surface area contributed by atoms with Crippen molar-refractivity contribution in [3.63, 3.8) is 0 Å². The molecule has 0 aliphatic heterocycles. The van der Waals surface area contributed by atoms with Gasteiger partial charge in [-0.3, -0.25) is 0 Å². The topological polar surface area (TPSA) is 67.2 Å². The van der Waals surface area contributed by atoms with Gasteiger partial charge in [0.05, 0.1) is 14.2 Å². The van der Waals surface area contributed by atoms with Gasteiger partial charge in [-0.25, -0.2) is 4.98 Å². The van der Waals surface area contributed by atoms with Gasteiger partial charge in [0, 0.05) is 16.9 Å². The van der Waals surface area contributed by atoms with Crippen molar-refractivity contribution in [3.8, 4) is 28.7 Å². The zero-order valence-electron chi connectivity index (χ0n) is 16.7.